The van der Waals surface area contributed by atoms with Gasteiger partial charge in [0.25, 0.3) is 0 Å². The molecule has 1 saturated heterocycles. The standard InChI is InChI=1S/C16H25N3S/c1-4-13-11-18(3)9-6-10-19(13)15-12(2)7-5-8-14(15)16(17)20/h5,7-8,13H,4,6,9-11H2,1-3H3,(H2,17,20). The number of hydrogen-bond acceptors (Lipinski definition) is 3. The van der Waals surface area contributed by atoms with E-state index in [0.717, 1.165) is 31.6 Å². The molecule has 0 radical (unpaired) electrons. The highest BCUT2D eigenvalue weighted by Crippen LogP contribution is 2.29. The predicted octanol–water partition coefficient (Wildman–Crippen LogP) is 2.55. The Kier molecular flexibility index (Phi) is 5.00. The van der Waals surface area contributed by atoms with Crippen LogP contribution in [0, 0.1) is 6.92 Å². The van der Waals surface area contributed by atoms with E-state index in [9.17, 15) is 0 Å². The van der Waals surface area contributed by atoms with E-state index in [1.807, 2.05) is 12.1 Å². The summed E-state index contributed by atoms with van der Waals surface area (Å²) in [6, 6.07) is 6.76. The largest absolute Gasteiger partial charge is 0.389 e. The molecular formula is C16H25N3S. The quantitative estimate of drug-likeness (QED) is 0.868. The van der Waals surface area contributed by atoms with E-state index < -0.39 is 0 Å². The molecule has 1 heterocycles. The molecule has 1 aromatic rings. The number of thiocarbonyl (C=S) groups is 1. The Balaban J connectivity index is 2.45. The third-order valence-electron chi connectivity index (χ3n) is 4.16. The van der Waals surface area contributed by atoms with Crippen molar-refractivity contribution in [3.05, 3.63) is 29.3 Å². The molecule has 3 nitrogen and oxygen atoms in total. The molecule has 0 bridgehead atoms. The second-order valence-corrected chi connectivity index (χ2v) is 6.15. The molecule has 0 amide bonds. The van der Waals surface area contributed by atoms with Crippen molar-refractivity contribution in [2.24, 2.45) is 5.73 Å². The van der Waals surface area contributed by atoms with Gasteiger partial charge in [-0.15, -0.1) is 0 Å². The molecule has 1 unspecified atom stereocenters. The summed E-state index contributed by atoms with van der Waals surface area (Å²) >= 11 is 5.25. The minimum atomic E-state index is 0.496. The number of likely N-dealkylation sites (N-methyl/N-ethyl adjacent to an activating group) is 1. The molecule has 0 aromatic heterocycles. The number of benzene rings is 1. The number of rotatable bonds is 3. The summed E-state index contributed by atoms with van der Waals surface area (Å²) in [4.78, 5) is 5.44. The maximum Gasteiger partial charge on any atom is 0.106 e. The van der Waals surface area contributed by atoms with Crippen molar-refractivity contribution in [1.82, 2.24) is 4.90 Å². The van der Waals surface area contributed by atoms with Gasteiger partial charge in [-0.3, -0.25) is 0 Å². The van der Waals surface area contributed by atoms with Crippen LogP contribution in [0.2, 0.25) is 0 Å². The fraction of sp³-hybridized carbons (Fsp3) is 0.562. The highest BCUT2D eigenvalue weighted by Gasteiger charge is 2.25. The number of para-hydroxylation sites is 1. The molecule has 110 valence electrons. The maximum atomic E-state index is 5.94. The van der Waals surface area contributed by atoms with Crippen molar-refractivity contribution in [1.29, 1.82) is 0 Å². The number of hydrogen-bond donors (Lipinski definition) is 1. The van der Waals surface area contributed by atoms with Crippen LogP contribution in [0.4, 0.5) is 5.69 Å². The van der Waals surface area contributed by atoms with Crippen molar-refractivity contribution in [2.75, 3.05) is 31.6 Å². The highest BCUT2D eigenvalue weighted by atomic mass is 32.1. The van der Waals surface area contributed by atoms with Crippen LogP contribution in [0.25, 0.3) is 0 Å². The third kappa shape index (κ3) is 3.13. The molecule has 1 fully saturated rings. The van der Waals surface area contributed by atoms with E-state index in [2.05, 4.69) is 36.8 Å². The van der Waals surface area contributed by atoms with Gasteiger partial charge in [0, 0.05) is 24.7 Å². The molecule has 2 N–H and O–H groups in total. The van der Waals surface area contributed by atoms with Crippen molar-refractivity contribution >= 4 is 22.9 Å². The highest BCUT2D eigenvalue weighted by molar-refractivity contribution is 7.80. The minimum absolute atomic E-state index is 0.496. The molecule has 1 aliphatic heterocycles. The second kappa shape index (κ2) is 6.55. The van der Waals surface area contributed by atoms with E-state index in [1.165, 1.54) is 17.7 Å². The Labute approximate surface area is 127 Å². The molecule has 2 rings (SSSR count). The Morgan fingerprint density at radius 1 is 1.40 bits per heavy atom. The van der Waals surface area contributed by atoms with E-state index in [4.69, 9.17) is 18.0 Å². The minimum Gasteiger partial charge on any atom is -0.389 e. The predicted molar refractivity (Wildman–Crippen MR) is 90.6 cm³/mol. The van der Waals surface area contributed by atoms with Crippen LogP contribution in [0.1, 0.15) is 30.9 Å². The first-order valence-corrected chi connectivity index (χ1v) is 7.80. The summed E-state index contributed by atoms with van der Waals surface area (Å²) in [5, 5.41) is 0. The van der Waals surface area contributed by atoms with Crippen molar-refractivity contribution in [3.63, 3.8) is 0 Å². The molecular weight excluding hydrogens is 266 g/mol. The number of anilines is 1. The first kappa shape index (κ1) is 15.3. The Bertz CT molecular complexity index is 487. The molecule has 0 spiro atoms. The lowest BCUT2D eigenvalue weighted by Crippen LogP contribution is -2.41. The molecule has 4 heteroatoms. The van der Waals surface area contributed by atoms with Crippen molar-refractivity contribution in [3.8, 4) is 0 Å². The monoisotopic (exact) mass is 291 g/mol. The molecule has 0 aliphatic carbocycles. The van der Waals surface area contributed by atoms with Gasteiger partial charge in [0.2, 0.25) is 0 Å². The average molecular weight is 291 g/mol. The van der Waals surface area contributed by atoms with Gasteiger partial charge < -0.3 is 15.5 Å². The summed E-state index contributed by atoms with van der Waals surface area (Å²) < 4.78 is 0. The fourth-order valence-electron chi connectivity index (χ4n) is 3.13. The van der Waals surface area contributed by atoms with Gasteiger partial charge in [-0.05, 0) is 45.0 Å². The van der Waals surface area contributed by atoms with Gasteiger partial charge in [0.05, 0.1) is 5.69 Å². The molecule has 1 atom stereocenters. The normalized spacial score (nSPS) is 20.8. The SMILES string of the molecule is CCC1CN(C)CCCN1c1c(C)cccc1C(N)=S. The first-order chi connectivity index (χ1) is 9.54. The van der Waals surface area contributed by atoms with Gasteiger partial charge >= 0.3 is 0 Å². The van der Waals surface area contributed by atoms with Crippen molar-refractivity contribution < 1.29 is 0 Å². The van der Waals surface area contributed by atoms with Crippen LogP contribution in [0.5, 0.6) is 0 Å². The van der Waals surface area contributed by atoms with Crippen molar-refractivity contribution in [2.45, 2.75) is 32.7 Å². The van der Waals surface area contributed by atoms with Gasteiger partial charge in [-0.1, -0.05) is 31.3 Å². The summed E-state index contributed by atoms with van der Waals surface area (Å²) in [5.74, 6) is 0. The van der Waals surface area contributed by atoms with Gasteiger partial charge in [0.15, 0.2) is 0 Å². The van der Waals surface area contributed by atoms with Gasteiger partial charge in [0.1, 0.15) is 4.99 Å². The zero-order chi connectivity index (χ0) is 14.7. The lowest BCUT2D eigenvalue weighted by molar-refractivity contribution is 0.328. The lowest BCUT2D eigenvalue weighted by Gasteiger charge is -2.34. The van der Waals surface area contributed by atoms with Gasteiger partial charge in [-0.25, -0.2) is 0 Å². The number of nitrogens with zero attached hydrogens (tertiary/aromatic N) is 2. The molecule has 0 saturated carbocycles. The summed E-state index contributed by atoms with van der Waals surface area (Å²) in [5.41, 5.74) is 9.45. The lowest BCUT2D eigenvalue weighted by atomic mass is 10.0. The second-order valence-electron chi connectivity index (χ2n) is 5.71. The number of aryl methyl sites for hydroxylation is 1. The Hall–Kier alpha value is -1.13. The van der Waals surface area contributed by atoms with Gasteiger partial charge in [-0.2, -0.15) is 0 Å². The van der Waals surface area contributed by atoms with Crippen LogP contribution in [0.15, 0.2) is 18.2 Å². The topological polar surface area (TPSA) is 32.5 Å². The van der Waals surface area contributed by atoms with E-state index in [-0.39, 0.29) is 0 Å². The molecule has 1 aliphatic rings. The summed E-state index contributed by atoms with van der Waals surface area (Å²) in [6.45, 7) is 7.74. The van der Waals surface area contributed by atoms with Crippen LogP contribution in [-0.4, -0.2) is 42.6 Å². The third-order valence-corrected chi connectivity index (χ3v) is 4.38. The maximum absolute atomic E-state index is 5.94. The van der Waals surface area contributed by atoms with Crippen LogP contribution in [0.3, 0.4) is 0 Å². The summed E-state index contributed by atoms with van der Waals surface area (Å²) in [6.07, 6.45) is 2.31. The fourth-order valence-corrected chi connectivity index (χ4v) is 3.29. The first-order valence-electron chi connectivity index (χ1n) is 7.39. The Morgan fingerprint density at radius 3 is 2.80 bits per heavy atom. The average Bonchev–Trinajstić information content (AvgIpc) is 2.59. The van der Waals surface area contributed by atoms with E-state index >= 15 is 0 Å². The van der Waals surface area contributed by atoms with Crippen LogP contribution < -0.4 is 10.6 Å². The molecule has 20 heavy (non-hydrogen) atoms. The Morgan fingerprint density at radius 2 is 2.15 bits per heavy atom. The zero-order valence-corrected chi connectivity index (χ0v) is 13.5. The van der Waals surface area contributed by atoms with Crippen LogP contribution in [-0.2, 0) is 0 Å². The zero-order valence-electron chi connectivity index (χ0n) is 12.7. The molecule has 1 aromatic carbocycles. The van der Waals surface area contributed by atoms with Crippen LogP contribution >= 0.6 is 12.2 Å². The van der Waals surface area contributed by atoms with E-state index in [0.29, 0.717) is 11.0 Å². The van der Waals surface area contributed by atoms with E-state index in [1.54, 1.807) is 0 Å². The smallest absolute Gasteiger partial charge is 0.106 e. The number of nitrogens with two attached hydrogens (primary N) is 1. The summed E-state index contributed by atoms with van der Waals surface area (Å²) in [7, 11) is 2.21.